The van der Waals surface area contributed by atoms with Gasteiger partial charge in [-0.2, -0.15) is 0 Å². The summed E-state index contributed by atoms with van der Waals surface area (Å²) in [5.74, 6) is -6.14. The Labute approximate surface area is 581 Å². The fraction of sp³-hybridized carbons (Fsp3) is 0.905. The highest BCUT2D eigenvalue weighted by atomic mass is 16.8. The molecule has 568 valence electrons. The number of carboxylic acid groups (broad SMARTS) is 1. The number of hydrogen-bond donors (Lipinski definition) is 14. The molecule has 0 aromatic rings. The molecule has 0 radical (unpaired) electrons. The molecular weight excluding hydrogens is 1250 g/mol. The highest BCUT2D eigenvalue weighted by Gasteiger charge is 2.60. The molecule has 3 aliphatic heterocycles. The molecule has 0 aromatic carbocycles. The molecule has 23 heteroatoms. The van der Waals surface area contributed by atoms with Gasteiger partial charge in [-0.25, -0.2) is 4.79 Å². The van der Waals surface area contributed by atoms with Gasteiger partial charge in [0.15, 0.2) is 12.6 Å². The third-order valence-electron chi connectivity index (χ3n) is 19.4. The number of aliphatic hydroxyl groups is 11. The Morgan fingerprint density at radius 3 is 1.40 bits per heavy atom. The van der Waals surface area contributed by atoms with E-state index in [0.29, 0.717) is 12.8 Å². The third-order valence-corrected chi connectivity index (χ3v) is 19.4. The van der Waals surface area contributed by atoms with Crippen molar-refractivity contribution >= 4 is 17.8 Å². The molecule has 3 rings (SSSR count). The molecule has 14 N–H and O–H groups in total. The Balaban J connectivity index is 1.55. The second kappa shape index (κ2) is 53.9. The van der Waals surface area contributed by atoms with Crippen molar-refractivity contribution in [1.29, 1.82) is 0 Å². The van der Waals surface area contributed by atoms with E-state index in [2.05, 4.69) is 36.6 Å². The predicted octanol–water partition coefficient (Wildman–Crippen LogP) is 8.79. The number of carbonyl (C=O) groups is 3. The topological polar surface area (TPSA) is 373 Å². The molecule has 18 atom stereocenters. The van der Waals surface area contributed by atoms with Gasteiger partial charge < -0.3 is 100 Å². The predicted molar refractivity (Wildman–Crippen MR) is 371 cm³/mol. The van der Waals surface area contributed by atoms with E-state index in [1.54, 1.807) is 6.08 Å². The number of ether oxygens (including phenoxy) is 6. The number of carbonyl (C=O) groups excluding carboxylic acids is 2. The number of amides is 2. The van der Waals surface area contributed by atoms with Gasteiger partial charge >= 0.3 is 5.97 Å². The van der Waals surface area contributed by atoms with Crippen LogP contribution in [0.4, 0.5) is 0 Å². The second-order valence-electron chi connectivity index (χ2n) is 27.9. The molecule has 3 aliphatic rings. The van der Waals surface area contributed by atoms with Gasteiger partial charge in [0.25, 0.3) is 5.79 Å². The van der Waals surface area contributed by atoms with Crippen LogP contribution in [0.25, 0.3) is 0 Å². The molecule has 0 aliphatic carbocycles. The van der Waals surface area contributed by atoms with Crippen molar-refractivity contribution in [3.05, 3.63) is 24.3 Å². The second-order valence-corrected chi connectivity index (χ2v) is 27.9. The Morgan fingerprint density at radius 1 is 0.536 bits per heavy atom. The first-order valence-electron chi connectivity index (χ1n) is 38.2. The molecule has 23 nitrogen and oxygen atoms in total. The first-order valence-corrected chi connectivity index (χ1v) is 38.2. The number of carboxylic acids is 1. The Bertz CT molecular complexity index is 2040. The van der Waals surface area contributed by atoms with Gasteiger partial charge in [-0.05, 0) is 44.9 Å². The van der Waals surface area contributed by atoms with Crippen molar-refractivity contribution in [2.45, 2.75) is 400 Å². The van der Waals surface area contributed by atoms with Crippen molar-refractivity contribution in [2.24, 2.45) is 0 Å². The van der Waals surface area contributed by atoms with Crippen LogP contribution in [-0.2, 0) is 42.8 Å². The molecule has 3 saturated heterocycles. The summed E-state index contributed by atoms with van der Waals surface area (Å²) < 4.78 is 34.9. The number of rotatable bonds is 59. The fourth-order valence-corrected chi connectivity index (χ4v) is 13.3. The molecule has 0 aromatic heterocycles. The minimum atomic E-state index is -3.08. The highest BCUT2D eigenvalue weighted by molar-refractivity contribution is 5.77. The zero-order valence-electron chi connectivity index (χ0n) is 59.7. The summed E-state index contributed by atoms with van der Waals surface area (Å²) in [6, 6.07) is -2.62. The lowest BCUT2D eigenvalue weighted by atomic mass is 9.88. The molecule has 0 bridgehead atoms. The van der Waals surface area contributed by atoms with Crippen molar-refractivity contribution in [2.75, 3.05) is 26.4 Å². The normalized spacial score (nSPS) is 27.5. The summed E-state index contributed by atoms with van der Waals surface area (Å²) in [5, 5.41) is 136. The van der Waals surface area contributed by atoms with Gasteiger partial charge in [0.2, 0.25) is 11.8 Å². The number of aliphatic carboxylic acids is 1. The van der Waals surface area contributed by atoms with Gasteiger partial charge in [0.05, 0.1) is 50.7 Å². The van der Waals surface area contributed by atoms with Crippen LogP contribution in [0.3, 0.4) is 0 Å². The third kappa shape index (κ3) is 35.3. The van der Waals surface area contributed by atoms with E-state index in [9.17, 15) is 75.7 Å². The molecule has 18 unspecified atom stereocenters. The summed E-state index contributed by atoms with van der Waals surface area (Å²) in [7, 11) is 0. The number of unbranched alkanes of at least 4 members (excludes halogenated alkanes) is 37. The monoisotopic (exact) mass is 1390 g/mol. The van der Waals surface area contributed by atoms with E-state index in [0.717, 1.165) is 58.3 Å². The first kappa shape index (κ1) is 88.4. The number of allylic oxidation sites excluding steroid dienone is 3. The maximum Gasteiger partial charge on any atom is 0.364 e. The minimum absolute atomic E-state index is 0.199. The minimum Gasteiger partial charge on any atom is -0.477 e. The van der Waals surface area contributed by atoms with Crippen LogP contribution in [0.2, 0.25) is 0 Å². The van der Waals surface area contributed by atoms with Crippen molar-refractivity contribution < 1.29 is 104 Å². The van der Waals surface area contributed by atoms with Crippen LogP contribution in [0.15, 0.2) is 24.3 Å². The maximum absolute atomic E-state index is 13.5. The summed E-state index contributed by atoms with van der Waals surface area (Å²) in [5.41, 5.74) is 0. The lowest BCUT2D eigenvalue weighted by molar-refractivity contribution is -0.386. The van der Waals surface area contributed by atoms with Gasteiger partial charge in [-0.3, -0.25) is 9.59 Å². The van der Waals surface area contributed by atoms with Crippen molar-refractivity contribution in [1.82, 2.24) is 10.6 Å². The van der Waals surface area contributed by atoms with Gasteiger partial charge in [-0.1, -0.05) is 250 Å². The van der Waals surface area contributed by atoms with Gasteiger partial charge in [-0.15, -0.1) is 0 Å². The largest absolute Gasteiger partial charge is 0.477 e. The fourth-order valence-electron chi connectivity index (χ4n) is 13.3. The van der Waals surface area contributed by atoms with Gasteiger partial charge in [0.1, 0.15) is 67.1 Å². The highest BCUT2D eigenvalue weighted by Crippen LogP contribution is 2.39. The molecule has 3 heterocycles. The molecular formula is C74H136N2O21. The zero-order chi connectivity index (χ0) is 71.1. The van der Waals surface area contributed by atoms with Crippen LogP contribution in [0.5, 0.6) is 0 Å². The van der Waals surface area contributed by atoms with Crippen LogP contribution < -0.4 is 10.6 Å². The van der Waals surface area contributed by atoms with E-state index in [-0.39, 0.29) is 12.3 Å². The summed E-state index contributed by atoms with van der Waals surface area (Å²) in [6.45, 7) is 2.17. The summed E-state index contributed by atoms with van der Waals surface area (Å²) in [6.07, 6.45) is 27.8. The lowest BCUT2D eigenvalue weighted by Crippen LogP contribution is -2.70. The lowest BCUT2D eigenvalue weighted by Gasteiger charge is -2.50. The molecule has 2 amide bonds. The first-order chi connectivity index (χ1) is 46.9. The Hall–Kier alpha value is -2.79. The van der Waals surface area contributed by atoms with Gasteiger partial charge in [0, 0.05) is 19.8 Å². The maximum atomic E-state index is 13.5. The van der Waals surface area contributed by atoms with Crippen LogP contribution >= 0.6 is 0 Å². The quantitative estimate of drug-likeness (QED) is 0.0200. The van der Waals surface area contributed by atoms with E-state index < -0.39 is 155 Å². The number of hydrogen-bond acceptors (Lipinski definition) is 20. The molecule has 0 saturated carbocycles. The standard InChI is InChI=1S/C74H136N2O21/c1-4-6-8-10-12-14-16-18-20-22-24-25-26-27-28-29-30-32-34-36-38-40-42-44-46-48-61(84)76-55(56(81)47-45-43-41-39-37-35-33-31-23-21-19-17-15-13-11-9-7-5-2)53-92-71-66(88)65(87)68(60(52-79)94-71)95-72-67(89)70(64(86)59(51-78)93-72)97-74(73(90)91)49-57(82)62(75-54(3)80)69(96-74)63(85)58(83)50-77/h27-28,45,47,55-60,62-72,77-79,81-83,85-89H,4-26,29-44,46,48-53H2,1-3H3,(H,75,80)(H,76,84)(H,90,91)/b28-27-,47-45+. The number of nitrogens with one attached hydrogen (secondary N) is 2. The van der Waals surface area contributed by atoms with E-state index in [4.69, 9.17) is 28.4 Å². The van der Waals surface area contributed by atoms with E-state index in [1.807, 2.05) is 6.08 Å². The average Bonchev–Trinajstić information content (AvgIpc) is 0.757. The Morgan fingerprint density at radius 2 is 0.969 bits per heavy atom. The molecule has 0 spiro atoms. The van der Waals surface area contributed by atoms with Crippen LogP contribution in [-0.4, -0.2) is 215 Å². The van der Waals surface area contributed by atoms with Crippen LogP contribution in [0.1, 0.15) is 290 Å². The van der Waals surface area contributed by atoms with Crippen LogP contribution in [0, 0.1) is 0 Å². The number of aliphatic hydroxyl groups excluding tert-OH is 11. The van der Waals surface area contributed by atoms with E-state index in [1.165, 1.54) is 193 Å². The molecule has 97 heavy (non-hydrogen) atoms. The molecule has 3 fully saturated rings. The average molecular weight is 1390 g/mol. The Kier molecular flexibility index (Phi) is 49.2. The zero-order valence-corrected chi connectivity index (χ0v) is 59.7. The van der Waals surface area contributed by atoms with Crippen molar-refractivity contribution in [3.63, 3.8) is 0 Å². The summed E-state index contributed by atoms with van der Waals surface area (Å²) in [4.78, 5) is 38.6. The smallest absolute Gasteiger partial charge is 0.364 e. The van der Waals surface area contributed by atoms with E-state index >= 15 is 0 Å². The summed E-state index contributed by atoms with van der Waals surface area (Å²) >= 11 is 0. The van der Waals surface area contributed by atoms with Crippen molar-refractivity contribution in [3.8, 4) is 0 Å². The SMILES string of the molecule is CCCCCCCCCCCCCC/C=C\CCCCCCCCCCCC(=O)NC(COC1OC(CO)C(OC2OC(CO)C(O)C(OC3(C(=O)O)CC(O)C(NC(C)=O)C(C(O)C(O)CO)O3)C2O)C(O)C1O)C(O)/C=C/CCCCCCCCCCCCCCCCCC.